The molecule has 1 heterocycles. The Bertz CT molecular complexity index is 196. The third-order valence-corrected chi connectivity index (χ3v) is 1.69. The molecule has 0 saturated carbocycles. The summed E-state index contributed by atoms with van der Waals surface area (Å²) in [5, 5.41) is 0. The van der Waals surface area contributed by atoms with Crippen molar-refractivity contribution in [3.8, 4) is 0 Å². The molecule has 0 aliphatic heterocycles. The second-order valence-corrected chi connectivity index (χ2v) is 2.87. The monoisotopic (exact) mass is 150 g/mol. The van der Waals surface area contributed by atoms with Gasteiger partial charge < -0.3 is 5.73 Å². The van der Waals surface area contributed by atoms with E-state index in [0.717, 1.165) is 18.7 Å². The van der Waals surface area contributed by atoms with E-state index in [0.29, 0.717) is 5.92 Å². The maximum Gasteiger partial charge on any atom is 0.0406 e. The molecule has 0 spiro atoms. The molecule has 0 fully saturated rings. The fourth-order valence-corrected chi connectivity index (χ4v) is 0.959. The molecule has 1 rings (SSSR count). The summed E-state index contributed by atoms with van der Waals surface area (Å²) in [4.78, 5) is 4.21. The SMILES string of the molecule is C[C@@H](CN)Cc1ccccn1. The van der Waals surface area contributed by atoms with Crippen LogP contribution in [0.5, 0.6) is 0 Å². The van der Waals surface area contributed by atoms with Crippen molar-refractivity contribution in [1.82, 2.24) is 4.98 Å². The second kappa shape index (κ2) is 4.09. The van der Waals surface area contributed by atoms with Crippen LogP contribution in [-0.4, -0.2) is 11.5 Å². The number of rotatable bonds is 3. The van der Waals surface area contributed by atoms with Crippen LogP contribution in [0.4, 0.5) is 0 Å². The number of pyridine rings is 1. The average molecular weight is 150 g/mol. The molecule has 0 amide bonds. The summed E-state index contributed by atoms with van der Waals surface area (Å²) < 4.78 is 0. The van der Waals surface area contributed by atoms with Crippen molar-refractivity contribution in [3.05, 3.63) is 30.1 Å². The van der Waals surface area contributed by atoms with Crippen molar-refractivity contribution in [1.29, 1.82) is 0 Å². The number of aromatic nitrogens is 1. The quantitative estimate of drug-likeness (QED) is 0.703. The van der Waals surface area contributed by atoms with Crippen molar-refractivity contribution in [2.75, 3.05) is 6.54 Å². The highest BCUT2D eigenvalue weighted by Gasteiger charge is 2.00. The number of nitrogens with two attached hydrogens (primary N) is 1. The van der Waals surface area contributed by atoms with Crippen LogP contribution in [0, 0.1) is 5.92 Å². The predicted octanol–water partition coefficient (Wildman–Crippen LogP) is 1.22. The molecule has 2 nitrogen and oxygen atoms in total. The molecule has 1 aromatic rings. The van der Waals surface area contributed by atoms with Gasteiger partial charge in [-0.05, 0) is 31.0 Å². The van der Waals surface area contributed by atoms with E-state index in [1.165, 1.54) is 0 Å². The Hall–Kier alpha value is -0.890. The van der Waals surface area contributed by atoms with Crippen LogP contribution >= 0.6 is 0 Å². The molecule has 0 aliphatic rings. The van der Waals surface area contributed by atoms with E-state index in [4.69, 9.17) is 5.73 Å². The highest BCUT2D eigenvalue weighted by Crippen LogP contribution is 2.02. The molecular weight excluding hydrogens is 136 g/mol. The summed E-state index contributed by atoms with van der Waals surface area (Å²) in [6.45, 7) is 2.87. The van der Waals surface area contributed by atoms with Crippen molar-refractivity contribution in [2.45, 2.75) is 13.3 Å². The Morgan fingerprint density at radius 2 is 2.36 bits per heavy atom. The summed E-state index contributed by atoms with van der Waals surface area (Å²) in [5.74, 6) is 0.532. The highest BCUT2D eigenvalue weighted by atomic mass is 14.7. The number of nitrogens with zero attached hydrogens (tertiary/aromatic N) is 1. The molecule has 1 atom stereocenters. The lowest BCUT2D eigenvalue weighted by molar-refractivity contribution is 0.584. The molecular formula is C9H14N2. The first-order chi connectivity index (χ1) is 5.33. The van der Waals surface area contributed by atoms with Crippen LogP contribution in [-0.2, 0) is 6.42 Å². The van der Waals surface area contributed by atoms with E-state index in [2.05, 4.69) is 11.9 Å². The molecule has 2 N–H and O–H groups in total. The molecule has 60 valence electrons. The zero-order valence-corrected chi connectivity index (χ0v) is 6.83. The highest BCUT2D eigenvalue weighted by molar-refractivity contribution is 5.03. The molecule has 0 aliphatic carbocycles. The van der Waals surface area contributed by atoms with Gasteiger partial charge in [0.15, 0.2) is 0 Å². The van der Waals surface area contributed by atoms with Crippen LogP contribution in [0.2, 0.25) is 0 Å². The standard InChI is InChI=1S/C9H14N2/c1-8(7-10)6-9-4-2-3-5-11-9/h2-5,8H,6-7,10H2,1H3/t8-/m1/s1. The van der Waals surface area contributed by atoms with Gasteiger partial charge in [-0.25, -0.2) is 0 Å². The van der Waals surface area contributed by atoms with Crippen LogP contribution < -0.4 is 5.73 Å². The third kappa shape index (κ3) is 2.68. The first kappa shape index (κ1) is 8.21. The van der Waals surface area contributed by atoms with Gasteiger partial charge in [0.1, 0.15) is 0 Å². The molecule has 0 radical (unpaired) electrons. The Morgan fingerprint density at radius 1 is 1.55 bits per heavy atom. The largest absolute Gasteiger partial charge is 0.330 e. The van der Waals surface area contributed by atoms with Gasteiger partial charge >= 0.3 is 0 Å². The fourth-order valence-electron chi connectivity index (χ4n) is 0.959. The Morgan fingerprint density at radius 3 is 2.91 bits per heavy atom. The van der Waals surface area contributed by atoms with Gasteiger partial charge in [-0.2, -0.15) is 0 Å². The fraction of sp³-hybridized carbons (Fsp3) is 0.444. The van der Waals surface area contributed by atoms with Gasteiger partial charge in [-0.1, -0.05) is 13.0 Å². The lowest BCUT2D eigenvalue weighted by atomic mass is 10.1. The molecule has 11 heavy (non-hydrogen) atoms. The van der Waals surface area contributed by atoms with E-state index in [1.54, 1.807) is 0 Å². The maximum absolute atomic E-state index is 5.49. The lowest BCUT2D eigenvalue weighted by Crippen LogP contribution is -2.13. The summed E-state index contributed by atoms with van der Waals surface area (Å²) in [6, 6.07) is 5.97. The number of hydrogen-bond acceptors (Lipinski definition) is 2. The third-order valence-electron chi connectivity index (χ3n) is 1.69. The van der Waals surface area contributed by atoms with Gasteiger partial charge in [-0.3, -0.25) is 4.98 Å². The summed E-state index contributed by atoms with van der Waals surface area (Å²) in [7, 11) is 0. The minimum atomic E-state index is 0.532. The second-order valence-electron chi connectivity index (χ2n) is 2.87. The van der Waals surface area contributed by atoms with Gasteiger partial charge in [0.2, 0.25) is 0 Å². The van der Waals surface area contributed by atoms with Crippen LogP contribution in [0.15, 0.2) is 24.4 Å². The number of hydrogen-bond donors (Lipinski definition) is 1. The zero-order chi connectivity index (χ0) is 8.10. The van der Waals surface area contributed by atoms with Crippen LogP contribution in [0.1, 0.15) is 12.6 Å². The van der Waals surface area contributed by atoms with E-state index >= 15 is 0 Å². The van der Waals surface area contributed by atoms with Crippen molar-refractivity contribution < 1.29 is 0 Å². The minimum absolute atomic E-state index is 0.532. The molecule has 1 aromatic heterocycles. The smallest absolute Gasteiger partial charge is 0.0406 e. The minimum Gasteiger partial charge on any atom is -0.330 e. The van der Waals surface area contributed by atoms with Crippen molar-refractivity contribution in [2.24, 2.45) is 11.7 Å². The summed E-state index contributed by atoms with van der Waals surface area (Å²) >= 11 is 0. The molecule has 0 saturated heterocycles. The Balaban J connectivity index is 2.51. The lowest BCUT2D eigenvalue weighted by Gasteiger charge is -2.05. The Labute approximate surface area is 67.5 Å². The first-order valence-electron chi connectivity index (χ1n) is 3.93. The molecule has 0 bridgehead atoms. The Kier molecular flexibility index (Phi) is 3.05. The summed E-state index contributed by atoms with van der Waals surface area (Å²) in [6.07, 6.45) is 2.80. The zero-order valence-electron chi connectivity index (χ0n) is 6.83. The molecule has 2 heteroatoms. The first-order valence-corrected chi connectivity index (χ1v) is 3.93. The average Bonchev–Trinajstić information content (AvgIpc) is 2.06. The van der Waals surface area contributed by atoms with E-state index < -0.39 is 0 Å². The van der Waals surface area contributed by atoms with Crippen LogP contribution in [0.3, 0.4) is 0 Å². The molecule has 0 aromatic carbocycles. The van der Waals surface area contributed by atoms with Crippen molar-refractivity contribution in [3.63, 3.8) is 0 Å². The van der Waals surface area contributed by atoms with Crippen molar-refractivity contribution >= 4 is 0 Å². The van der Waals surface area contributed by atoms with Crippen LogP contribution in [0.25, 0.3) is 0 Å². The normalized spacial score (nSPS) is 12.9. The topological polar surface area (TPSA) is 38.9 Å². The van der Waals surface area contributed by atoms with Gasteiger partial charge in [0.05, 0.1) is 0 Å². The van der Waals surface area contributed by atoms with E-state index in [9.17, 15) is 0 Å². The maximum atomic E-state index is 5.49. The van der Waals surface area contributed by atoms with E-state index in [-0.39, 0.29) is 0 Å². The predicted molar refractivity (Wildman–Crippen MR) is 46.2 cm³/mol. The van der Waals surface area contributed by atoms with Gasteiger partial charge in [0, 0.05) is 11.9 Å². The molecule has 0 unspecified atom stereocenters. The van der Waals surface area contributed by atoms with Gasteiger partial charge in [-0.15, -0.1) is 0 Å². The van der Waals surface area contributed by atoms with Gasteiger partial charge in [0.25, 0.3) is 0 Å². The summed E-state index contributed by atoms with van der Waals surface area (Å²) in [5.41, 5.74) is 6.62. The van der Waals surface area contributed by atoms with E-state index in [1.807, 2.05) is 24.4 Å².